The molecule has 2 bridgehead atoms. The summed E-state index contributed by atoms with van der Waals surface area (Å²) in [4.78, 5) is 22.4. The molecule has 3 heterocycles. The molecule has 3 aliphatic rings. The number of amides is 1. The Morgan fingerprint density at radius 1 is 1.02 bits per heavy atom. The Morgan fingerprint density at radius 2 is 1.71 bits per heavy atom. The number of piperidine rings is 2. The Kier molecular flexibility index (Phi) is 8.07. The number of likely N-dealkylation sites (tertiary alicyclic amines) is 1. The average Bonchev–Trinajstić information content (AvgIpc) is 3.56. The number of thiazole rings is 1. The quantitative estimate of drug-likeness (QED) is 0.351. The van der Waals surface area contributed by atoms with E-state index in [9.17, 15) is 15.0 Å². The number of carbonyl (C=O) groups is 1. The van der Waals surface area contributed by atoms with Crippen LogP contribution in [0.1, 0.15) is 64.7 Å². The van der Waals surface area contributed by atoms with Gasteiger partial charge in [0.1, 0.15) is 12.4 Å². The predicted octanol–water partition coefficient (Wildman–Crippen LogP) is 5.71. The number of ether oxygens (including phenoxy) is 1. The molecule has 1 aliphatic carbocycles. The number of anilines is 1. The van der Waals surface area contributed by atoms with E-state index in [1.165, 1.54) is 6.42 Å². The van der Waals surface area contributed by atoms with Gasteiger partial charge < -0.3 is 24.7 Å². The van der Waals surface area contributed by atoms with Gasteiger partial charge in [0.05, 0.1) is 5.69 Å². The Bertz CT molecular complexity index is 1380. The molecule has 2 aromatic carbocycles. The molecule has 3 atom stereocenters. The zero-order valence-electron chi connectivity index (χ0n) is 24.3. The Morgan fingerprint density at radius 3 is 2.37 bits per heavy atom. The second-order valence-corrected chi connectivity index (χ2v) is 13.1. The highest BCUT2D eigenvalue weighted by Crippen LogP contribution is 2.45. The topological polar surface area (TPSA) is 86.1 Å². The number of aliphatic hydroxyl groups excluding tert-OH is 1. The van der Waals surface area contributed by atoms with Crippen molar-refractivity contribution in [3.05, 3.63) is 63.5 Å². The van der Waals surface area contributed by atoms with Crippen LogP contribution < -0.4 is 9.64 Å². The van der Waals surface area contributed by atoms with E-state index in [2.05, 4.69) is 43.2 Å². The van der Waals surface area contributed by atoms with Crippen molar-refractivity contribution in [2.45, 2.75) is 65.8 Å². The number of rotatable bonds is 7. The summed E-state index contributed by atoms with van der Waals surface area (Å²) in [5.74, 6) is 1.50. The number of aliphatic hydroxyl groups is 2. The average molecular weight is 576 g/mol. The van der Waals surface area contributed by atoms with Gasteiger partial charge in [0.15, 0.2) is 11.4 Å². The molecule has 2 aliphatic heterocycles. The SMILES string of the molecule is Cc1ccc(OCc2c(C)cc(C(=O)N3CCCCC3)cc2C)c(-c2csc(N3C[C@H]4CC[C@@H](C3)[C@H]4C(O)O)n2)c1. The minimum absolute atomic E-state index is 0.0219. The van der Waals surface area contributed by atoms with Gasteiger partial charge in [-0.2, -0.15) is 0 Å². The maximum Gasteiger partial charge on any atom is 0.253 e. The zero-order chi connectivity index (χ0) is 28.7. The van der Waals surface area contributed by atoms with Crippen LogP contribution in [0.15, 0.2) is 35.7 Å². The monoisotopic (exact) mass is 575 g/mol. The van der Waals surface area contributed by atoms with Gasteiger partial charge in [-0.3, -0.25) is 4.79 Å². The number of hydrogen-bond acceptors (Lipinski definition) is 7. The first-order valence-corrected chi connectivity index (χ1v) is 15.9. The smallest absolute Gasteiger partial charge is 0.253 e. The maximum atomic E-state index is 13.1. The van der Waals surface area contributed by atoms with Crippen molar-refractivity contribution >= 4 is 22.4 Å². The molecule has 1 amide bonds. The van der Waals surface area contributed by atoms with E-state index in [1.54, 1.807) is 11.3 Å². The molecule has 3 aromatic rings. The lowest BCUT2D eigenvalue weighted by molar-refractivity contribution is -0.109. The molecule has 2 saturated heterocycles. The molecule has 0 radical (unpaired) electrons. The highest BCUT2D eigenvalue weighted by atomic mass is 32.1. The standard InChI is InChI=1S/C33H41N3O4S/c1-20-7-10-29(40-18-27-21(2)14-25(15-22(27)3)31(37)35-11-5-4-6-12-35)26(13-20)28-19-41-33(34-28)36-16-23-8-9-24(17-36)30(23)32(38)39/h7,10,13-15,19,23-24,30,32,38-39H,4-6,8-9,11-12,16-18H2,1-3H3/t23-,24+,30+. The first kappa shape index (κ1) is 28.2. The van der Waals surface area contributed by atoms with Crippen molar-refractivity contribution in [3.63, 3.8) is 0 Å². The van der Waals surface area contributed by atoms with E-state index >= 15 is 0 Å². The molecule has 0 spiro atoms. The molecule has 6 rings (SSSR count). The number of fused-ring (bicyclic) bond motifs is 2. The van der Waals surface area contributed by atoms with Crippen molar-refractivity contribution in [1.29, 1.82) is 0 Å². The molecule has 1 aromatic heterocycles. The van der Waals surface area contributed by atoms with Gasteiger partial charge in [0.25, 0.3) is 5.91 Å². The van der Waals surface area contributed by atoms with Crippen LogP contribution in [0.2, 0.25) is 0 Å². The van der Waals surface area contributed by atoms with Gasteiger partial charge in [-0.05, 0) is 106 Å². The molecule has 7 nitrogen and oxygen atoms in total. The van der Waals surface area contributed by atoms with Gasteiger partial charge in [-0.1, -0.05) is 11.6 Å². The normalized spacial score (nSPS) is 22.4. The molecule has 1 saturated carbocycles. The second kappa shape index (κ2) is 11.7. The molecule has 3 fully saturated rings. The van der Waals surface area contributed by atoms with Crippen molar-refractivity contribution < 1.29 is 19.7 Å². The third kappa shape index (κ3) is 5.74. The van der Waals surface area contributed by atoms with Crippen LogP contribution >= 0.6 is 11.3 Å². The van der Waals surface area contributed by atoms with E-state index < -0.39 is 6.29 Å². The molecule has 0 unspecified atom stereocenters. The molecular weight excluding hydrogens is 534 g/mol. The van der Waals surface area contributed by atoms with Crippen LogP contribution in [0.4, 0.5) is 5.13 Å². The van der Waals surface area contributed by atoms with Gasteiger partial charge in [-0.25, -0.2) is 4.98 Å². The summed E-state index contributed by atoms with van der Waals surface area (Å²) in [5, 5.41) is 22.8. The van der Waals surface area contributed by atoms with Crippen LogP contribution in [0, 0.1) is 38.5 Å². The maximum absolute atomic E-state index is 13.1. The minimum Gasteiger partial charge on any atom is -0.488 e. The lowest BCUT2D eigenvalue weighted by atomic mass is 9.85. The predicted molar refractivity (Wildman–Crippen MR) is 162 cm³/mol. The fraction of sp³-hybridized carbons (Fsp3) is 0.515. The molecule has 8 heteroatoms. The minimum atomic E-state index is -1.23. The Hall–Kier alpha value is -2.94. The largest absolute Gasteiger partial charge is 0.488 e. The van der Waals surface area contributed by atoms with Crippen LogP contribution in [0.3, 0.4) is 0 Å². The van der Waals surface area contributed by atoms with E-state index in [0.717, 1.165) is 102 Å². The summed E-state index contributed by atoms with van der Waals surface area (Å²) in [5.41, 5.74) is 7.03. The molecule has 2 N–H and O–H groups in total. The second-order valence-electron chi connectivity index (χ2n) is 12.2. The van der Waals surface area contributed by atoms with Crippen molar-refractivity contribution in [2.24, 2.45) is 17.8 Å². The van der Waals surface area contributed by atoms with E-state index in [1.807, 2.05) is 23.1 Å². The summed E-state index contributed by atoms with van der Waals surface area (Å²) in [7, 11) is 0. The molecule has 218 valence electrons. The van der Waals surface area contributed by atoms with Crippen molar-refractivity contribution in [1.82, 2.24) is 9.88 Å². The summed E-state index contributed by atoms with van der Waals surface area (Å²) in [6.45, 7) is 9.96. The fourth-order valence-corrected chi connectivity index (χ4v) is 8.03. The van der Waals surface area contributed by atoms with Crippen molar-refractivity contribution in [2.75, 3.05) is 31.1 Å². The first-order chi connectivity index (χ1) is 19.8. The van der Waals surface area contributed by atoms with E-state index in [-0.39, 0.29) is 11.8 Å². The lowest BCUT2D eigenvalue weighted by Crippen LogP contribution is -2.46. The van der Waals surface area contributed by atoms with Crippen LogP contribution in [-0.4, -0.2) is 58.5 Å². The van der Waals surface area contributed by atoms with Crippen LogP contribution in [-0.2, 0) is 6.61 Å². The number of carbonyl (C=O) groups excluding carboxylic acids is 1. The summed E-state index contributed by atoms with van der Waals surface area (Å²) in [6, 6.07) is 10.2. The number of nitrogens with zero attached hydrogens (tertiary/aromatic N) is 3. The van der Waals surface area contributed by atoms with E-state index in [0.29, 0.717) is 18.4 Å². The van der Waals surface area contributed by atoms with Gasteiger partial charge >= 0.3 is 0 Å². The van der Waals surface area contributed by atoms with Crippen molar-refractivity contribution in [3.8, 4) is 17.0 Å². The van der Waals surface area contributed by atoms with Gasteiger partial charge in [0, 0.05) is 48.6 Å². The lowest BCUT2D eigenvalue weighted by Gasteiger charge is -2.38. The summed E-state index contributed by atoms with van der Waals surface area (Å²) >= 11 is 1.64. The molecule has 41 heavy (non-hydrogen) atoms. The number of aromatic nitrogens is 1. The molecular formula is C33H41N3O4S. The van der Waals surface area contributed by atoms with Gasteiger partial charge in [-0.15, -0.1) is 11.3 Å². The van der Waals surface area contributed by atoms with E-state index in [4.69, 9.17) is 9.72 Å². The summed E-state index contributed by atoms with van der Waals surface area (Å²) < 4.78 is 6.45. The number of benzene rings is 2. The third-order valence-corrected chi connectivity index (χ3v) is 10.3. The fourth-order valence-electron chi connectivity index (χ4n) is 7.18. The number of hydrogen-bond donors (Lipinski definition) is 2. The highest BCUT2D eigenvalue weighted by Gasteiger charge is 2.45. The van der Waals surface area contributed by atoms with Crippen LogP contribution in [0.25, 0.3) is 11.3 Å². The van der Waals surface area contributed by atoms with Crippen LogP contribution in [0.5, 0.6) is 5.75 Å². The third-order valence-electron chi connectivity index (χ3n) is 9.38. The Balaban J connectivity index is 1.18. The highest BCUT2D eigenvalue weighted by molar-refractivity contribution is 7.14. The first-order valence-electron chi connectivity index (χ1n) is 15.0. The Labute approximate surface area is 246 Å². The zero-order valence-corrected chi connectivity index (χ0v) is 25.1. The number of aryl methyl sites for hydroxylation is 3. The summed E-state index contributed by atoms with van der Waals surface area (Å²) in [6.07, 6.45) is 4.24. The van der Waals surface area contributed by atoms with Gasteiger partial charge in [0.2, 0.25) is 0 Å².